The first kappa shape index (κ1) is 22.4. The van der Waals surface area contributed by atoms with Crippen LogP contribution in [0.1, 0.15) is 55.3 Å². The first-order valence-electron chi connectivity index (χ1n) is 12.9. The van der Waals surface area contributed by atoms with Gasteiger partial charge in [0.05, 0.1) is 24.0 Å². The lowest BCUT2D eigenvalue weighted by Gasteiger charge is -2.57. The van der Waals surface area contributed by atoms with Crippen LogP contribution in [0, 0.1) is 35.9 Å². The molecule has 4 bridgehead atoms. The van der Waals surface area contributed by atoms with E-state index in [-0.39, 0.29) is 17.1 Å². The number of hydrogen-bond acceptors (Lipinski definition) is 3. The fourth-order valence-electron chi connectivity index (χ4n) is 7.34. The minimum Gasteiger partial charge on any atom is -0.309 e. The maximum absolute atomic E-state index is 13.5. The third kappa shape index (κ3) is 4.73. The van der Waals surface area contributed by atoms with Crippen molar-refractivity contribution in [1.82, 2.24) is 9.97 Å². The molecule has 0 unspecified atom stereocenters. The molecule has 0 spiro atoms. The maximum Gasteiger partial charge on any atom is 0.229 e. The lowest BCUT2D eigenvalue weighted by atomic mass is 9.48. The highest BCUT2D eigenvalue weighted by atomic mass is 19.1. The summed E-state index contributed by atoms with van der Waals surface area (Å²) in [6.45, 7) is 2.04. The number of anilines is 1. The van der Waals surface area contributed by atoms with Crippen LogP contribution in [0.5, 0.6) is 0 Å². The third-order valence-electron chi connectivity index (χ3n) is 8.44. The Morgan fingerprint density at radius 2 is 1.60 bits per heavy atom. The molecule has 180 valence electrons. The summed E-state index contributed by atoms with van der Waals surface area (Å²) >= 11 is 0. The average Bonchev–Trinajstić information content (AvgIpc) is 2.81. The fraction of sp³-hybridized carbons (Fsp3) is 0.433. The molecular formula is C30H32FN3O. The number of hydrogen-bond donors (Lipinski definition) is 1. The zero-order chi connectivity index (χ0) is 24.0. The van der Waals surface area contributed by atoms with Crippen molar-refractivity contribution in [1.29, 1.82) is 0 Å². The van der Waals surface area contributed by atoms with Crippen molar-refractivity contribution in [2.24, 2.45) is 23.2 Å². The number of carbonyl (C=O) groups excluding carboxylic acids is 1. The number of amides is 1. The van der Waals surface area contributed by atoms with E-state index < -0.39 is 0 Å². The molecule has 4 aliphatic carbocycles. The van der Waals surface area contributed by atoms with Gasteiger partial charge in [-0.05, 0) is 105 Å². The highest BCUT2D eigenvalue weighted by Gasteiger charge is 2.51. The summed E-state index contributed by atoms with van der Waals surface area (Å²) in [6, 6.07) is 14.4. The Kier molecular flexibility index (Phi) is 5.66. The van der Waals surface area contributed by atoms with E-state index in [4.69, 9.17) is 4.98 Å². The Balaban J connectivity index is 1.29. The number of aryl methyl sites for hydroxylation is 1. The van der Waals surface area contributed by atoms with Gasteiger partial charge in [-0.1, -0.05) is 29.8 Å². The highest BCUT2D eigenvalue weighted by molar-refractivity contribution is 5.92. The Labute approximate surface area is 206 Å². The maximum atomic E-state index is 13.5. The minimum atomic E-state index is -0.268. The molecule has 7 rings (SSSR count). The first-order chi connectivity index (χ1) is 16.9. The van der Waals surface area contributed by atoms with Crippen LogP contribution in [-0.2, 0) is 17.6 Å². The van der Waals surface area contributed by atoms with Crippen molar-refractivity contribution in [2.75, 3.05) is 5.32 Å². The molecule has 4 aliphatic rings. The highest BCUT2D eigenvalue weighted by Crippen LogP contribution is 2.61. The largest absolute Gasteiger partial charge is 0.309 e. The van der Waals surface area contributed by atoms with Crippen molar-refractivity contribution >= 4 is 11.7 Å². The fourth-order valence-corrected chi connectivity index (χ4v) is 7.34. The standard InChI is InChI=1S/C30H32FN3O/c1-19-2-4-20(5-3-19)13-28(35)34-29-26(33-27(18-32-29)24-6-8-25(31)9-7-24)17-30-14-21-10-22(15-30)12-23(11-21)16-30/h2-9,18,21-23H,10-17H2,1H3,(H,32,34,35). The van der Waals surface area contributed by atoms with Gasteiger partial charge < -0.3 is 5.32 Å². The second kappa shape index (κ2) is 8.85. The summed E-state index contributed by atoms with van der Waals surface area (Å²) in [5.74, 6) is 2.75. The zero-order valence-corrected chi connectivity index (χ0v) is 20.3. The van der Waals surface area contributed by atoms with Crippen molar-refractivity contribution in [3.63, 3.8) is 0 Å². The molecule has 0 saturated heterocycles. The number of rotatable bonds is 6. The van der Waals surface area contributed by atoms with Gasteiger partial charge in [0.1, 0.15) is 5.82 Å². The average molecular weight is 470 g/mol. The van der Waals surface area contributed by atoms with Crippen molar-refractivity contribution in [2.45, 2.75) is 58.3 Å². The topological polar surface area (TPSA) is 54.9 Å². The van der Waals surface area contributed by atoms with Crippen LogP contribution in [0.3, 0.4) is 0 Å². The number of nitrogens with one attached hydrogen (secondary N) is 1. The normalized spacial score (nSPS) is 26.6. The molecule has 0 atom stereocenters. The minimum absolute atomic E-state index is 0.0792. The third-order valence-corrected chi connectivity index (χ3v) is 8.44. The Bertz CT molecular complexity index is 1200. The van der Waals surface area contributed by atoms with E-state index in [9.17, 15) is 9.18 Å². The SMILES string of the molecule is Cc1ccc(CC(=O)Nc2ncc(-c3ccc(F)cc3)nc2CC23CC4CC(CC(C4)C2)C3)cc1. The van der Waals surface area contributed by atoms with Gasteiger partial charge in [0.2, 0.25) is 5.91 Å². The molecule has 35 heavy (non-hydrogen) atoms. The van der Waals surface area contributed by atoms with Gasteiger partial charge in [-0.2, -0.15) is 0 Å². The van der Waals surface area contributed by atoms with Gasteiger partial charge in [0, 0.05) is 5.56 Å². The van der Waals surface area contributed by atoms with Crippen LogP contribution in [0.4, 0.5) is 10.2 Å². The number of carbonyl (C=O) groups is 1. The van der Waals surface area contributed by atoms with E-state index in [0.29, 0.717) is 12.2 Å². The molecule has 4 saturated carbocycles. The van der Waals surface area contributed by atoms with Crippen LogP contribution in [0.25, 0.3) is 11.3 Å². The van der Waals surface area contributed by atoms with Gasteiger partial charge in [-0.3, -0.25) is 4.79 Å². The molecule has 4 nitrogen and oxygen atoms in total. The Morgan fingerprint density at radius 3 is 2.23 bits per heavy atom. The molecule has 0 radical (unpaired) electrons. The van der Waals surface area contributed by atoms with Crippen LogP contribution < -0.4 is 5.32 Å². The molecule has 1 heterocycles. The molecule has 5 heteroatoms. The molecule has 4 fully saturated rings. The number of aromatic nitrogens is 2. The predicted molar refractivity (Wildman–Crippen MR) is 135 cm³/mol. The lowest BCUT2D eigenvalue weighted by Crippen LogP contribution is -2.47. The molecule has 2 aromatic carbocycles. The van der Waals surface area contributed by atoms with Crippen LogP contribution >= 0.6 is 0 Å². The van der Waals surface area contributed by atoms with Gasteiger partial charge in [-0.25, -0.2) is 14.4 Å². The van der Waals surface area contributed by atoms with E-state index in [0.717, 1.165) is 46.7 Å². The number of halogens is 1. The lowest BCUT2D eigenvalue weighted by molar-refractivity contribution is -0.115. The summed E-state index contributed by atoms with van der Waals surface area (Å²) in [5.41, 5.74) is 4.85. The van der Waals surface area contributed by atoms with E-state index in [1.807, 2.05) is 31.2 Å². The molecular weight excluding hydrogens is 437 g/mol. The van der Waals surface area contributed by atoms with Gasteiger partial charge in [0.25, 0.3) is 0 Å². The second-order valence-electron chi connectivity index (χ2n) is 11.4. The van der Waals surface area contributed by atoms with Crippen LogP contribution in [0.2, 0.25) is 0 Å². The van der Waals surface area contributed by atoms with Gasteiger partial charge in [-0.15, -0.1) is 0 Å². The van der Waals surface area contributed by atoms with Crippen molar-refractivity contribution in [3.05, 3.63) is 77.4 Å². The van der Waals surface area contributed by atoms with Gasteiger partial charge >= 0.3 is 0 Å². The smallest absolute Gasteiger partial charge is 0.229 e. The summed E-state index contributed by atoms with van der Waals surface area (Å²) in [7, 11) is 0. The summed E-state index contributed by atoms with van der Waals surface area (Å²) in [4.78, 5) is 22.7. The van der Waals surface area contributed by atoms with E-state index in [1.54, 1.807) is 18.3 Å². The quantitative estimate of drug-likeness (QED) is 0.446. The number of nitrogens with zero attached hydrogens (tertiary/aromatic N) is 2. The monoisotopic (exact) mass is 469 g/mol. The molecule has 3 aromatic rings. The van der Waals surface area contributed by atoms with E-state index >= 15 is 0 Å². The van der Waals surface area contributed by atoms with E-state index in [1.165, 1.54) is 56.2 Å². The van der Waals surface area contributed by atoms with Gasteiger partial charge in [0.15, 0.2) is 5.82 Å². The van der Waals surface area contributed by atoms with Crippen molar-refractivity contribution in [3.8, 4) is 11.3 Å². The Hall–Kier alpha value is -3.08. The molecule has 1 N–H and O–H groups in total. The zero-order valence-electron chi connectivity index (χ0n) is 20.3. The van der Waals surface area contributed by atoms with Crippen LogP contribution in [-0.4, -0.2) is 15.9 Å². The summed E-state index contributed by atoms with van der Waals surface area (Å²) in [6.07, 6.45) is 10.8. The summed E-state index contributed by atoms with van der Waals surface area (Å²) in [5, 5.41) is 3.07. The first-order valence-corrected chi connectivity index (χ1v) is 12.9. The molecule has 1 amide bonds. The predicted octanol–water partition coefficient (Wildman–Crippen LogP) is 6.53. The van der Waals surface area contributed by atoms with Crippen molar-refractivity contribution < 1.29 is 9.18 Å². The van der Waals surface area contributed by atoms with Crippen LogP contribution in [0.15, 0.2) is 54.7 Å². The second-order valence-corrected chi connectivity index (χ2v) is 11.4. The summed E-state index contributed by atoms with van der Waals surface area (Å²) < 4.78 is 13.5. The number of benzene rings is 2. The molecule has 1 aromatic heterocycles. The van der Waals surface area contributed by atoms with E-state index in [2.05, 4.69) is 10.3 Å². The molecule has 0 aliphatic heterocycles. The Morgan fingerprint density at radius 1 is 0.971 bits per heavy atom.